The maximum Gasteiger partial charge on any atom is 0.327 e. The van der Waals surface area contributed by atoms with E-state index in [1.54, 1.807) is 42.5 Å². The van der Waals surface area contributed by atoms with Crippen molar-refractivity contribution in [1.29, 1.82) is 0 Å². The topological polar surface area (TPSA) is 74.7 Å². The fourth-order valence-corrected chi connectivity index (χ4v) is 5.23. The number of anilines is 1. The fraction of sp³-hybridized carbons (Fsp3) is 0.105. The van der Waals surface area contributed by atoms with Gasteiger partial charge in [0.05, 0.1) is 10.6 Å². The molecule has 25 heavy (non-hydrogen) atoms. The SMILES string of the molecule is O=C(O)[C@@H]1Cc2ccccc2N1S(=O)(=O)c1cccc2ccccc12. The summed E-state index contributed by atoms with van der Waals surface area (Å²) < 4.78 is 27.8. The van der Waals surface area contributed by atoms with Gasteiger partial charge in [-0.05, 0) is 23.1 Å². The molecule has 0 aliphatic carbocycles. The summed E-state index contributed by atoms with van der Waals surface area (Å²) in [6.07, 6.45) is 0.162. The van der Waals surface area contributed by atoms with Crippen LogP contribution >= 0.6 is 0 Å². The van der Waals surface area contributed by atoms with Gasteiger partial charge in [-0.1, -0.05) is 54.6 Å². The maximum atomic E-state index is 13.4. The van der Waals surface area contributed by atoms with E-state index < -0.39 is 22.0 Å². The highest BCUT2D eigenvalue weighted by molar-refractivity contribution is 7.93. The van der Waals surface area contributed by atoms with Crippen LogP contribution in [-0.2, 0) is 21.2 Å². The lowest BCUT2D eigenvalue weighted by atomic mass is 10.1. The van der Waals surface area contributed by atoms with Gasteiger partial charge in [0.15, 0.2) is 0 Å². The van der Waals surface area contributed by atoms with Crippen molar-refractivity contribution in [3.63, 3.8) is 0 Å². The molecular formula is C19H15NO4S. The Labute approximate surface area is 145 Å². The minimum atomic E-state index is -4.02. The number of carboxylic acid groups (broad SMARTS) is 1. The van der Waals surface area contributed by atoms with Crippen molar-refractivity contribution in [2.24, 2.45) is 0 Å². The van der Waals surface area contributed by atoms with E-state index in [2.05, 4.69) is 0 Å². The molecule has 0 aromatic heterocycles. The highest BCUT2D eigenvalue weighted by atomic mass is 32.2. The molecule has 0 fully saturated rings. The Balaban J connectivity index is 1.96. The van der Waals surface area contributed by atoms with Crippen molar-refractivity contribution in [3.8, 4) is 0 Å². The molecular weight excluding hydrogens is 338 g/mol. The predicted octanol–water partition coefficient (Wildman–Crippen LogP) is 3.04. The van der Waals surface area contributed by atoms with Crippen LogP contribution in [-0.4, -0.2) is 25.5 Å². The van der Waals surface area contributed by atoms with Crippen molar-refractivity contribution < 1.29 is 18.3 Å². The largest absolute Gasteiger partial charge is 0.480 e. The zero-order valence-electron chi connectivity index (χ0n) is 13.2. The standard InChI is InChI=1S/C19H15NO4S/c21-19(22)17-12-14-7-2-4-10-16(14)20(17)25(23,24)18-11-5-8-13-6-1-3-9-15(13)18/h1-11,17H,12H2,(H,21,22)/t17-/m0/s1. The van der Waals surface area contributed by atoms with Crippen molar-refractivity contribution in [2.45, 2.75) is 17.4 Å². The van der Waals surface area contributed by atoms with Crippen LogP contribution in [0.15, 0.2) is 71.6 Å². The zero-order valence-corrected chi connectivity index (χ0v) is 14.0. The Kier molecular flexibility index (Phi) is 3.51. The van der Waals surface area contributed by atoms with Crippen molar-refractivity contribution in [1.82, 2.24) is 0 Å². The van der Waals surface area contributed by atoms with E-state index in [4.69, 9.17) is 0 Å². The molecule has 126 valence electrons. The summed E-state index contributed by atoms with van der Waals surface area (Å²) in [5.74, 6) is -1.15. The molecule has 3 aromatic carbocycles. The molecule has 4 rings (SSSR count). The number of para-hydroxylation sites is 1. The normalized spacial score (nSPS) is 16.8. The highest BCUT2D eigenvalue weighted by Crippen LogP contribution is 2.38. The molecule has 6 heteroatoms. The number of rotatable bonds is 3. The van der Waals surface area contributed by atoms with E-state index in [1.165, 1.54) is 6.07 Å². The average Bonchev–Trinajstić information content (AvgIpc) is 3.02. The molecule has 0 unspecified atom stereocenters. The third kappa shape index (κ3) is 2.37. The predicted molar refractivity (Wildman–Crippen MR) is 95.2 cm³/mol. The summed E-state index contributed by atoms with van der Waals surface area (Å²) in [6, 6.07) is 18.0. The number of aliphatic carboxylic acids is 1. The molecule has 1 N–H and O–H groups in total. The van der Waals surface area contributed by atoms with Crippen molar-refractivity contribution in [3.05, 3.63) is 72.3 Å². The monoisotopic (exact) mass is 353 g/mol. The summed E-state index contributed by atoms with van der Waals surface area (Å²) in [6.45, 7) is 0. The van der Waals surface area contributed by atoms with Crippen LogP contribution in [0, 0.1) is 0 Å². The first kappa shape index (κ1) is 15.7. The number of nitrogens with zero attached hydrogens (tertiary/aromatic N) is 1. The molecule has 1 atom stereocenters. The van der Waals surface area contributed by atoms with Gasteiger partial charge in [-0.3, -0.25) is 4.31 Å². The molecule has 1 heterocycles. The van der Waals surface area contributed by atoms with Gasteiger partial charge in [0, 0.05) is 11.8 Å². The van der Waals surface area contributed by atoms with Crippen molar-refractivity contribution >= 4 is 32.5 Å². The second-order valence-electron chi connectivity index (χ2n) is 5.97. The van der Waals surface area contributed by atoms with E-state index >= 15 is 0 Å². The van der Waals surface area contributed by atoms with E-state index in [0.29, 0.717) is 11.1 Å². The molecule has 1 aliphatic heterocycles. The van der Waals surface area contributed by atoms with Crippen molar-refractivity contribution in [2.75, 3.05) is 4.31 Å². The van der Waals surface area contributed by atoms with E-state index in [1.807, 2.05) is 18.2 Å². The lowest BCUT2D eigenvalue weighted by molar-refractivity contribution is -0.138. The smallest absolute Gasteiger partial charge is 0.327 e. The molecule has 0 saturated heterocycles. The number of hydrogen-bond acceptors (Lipinski definition) is 3. The van der Waals surface area contributed by atoms with E-state index in [0.717, 1.165) is 15.3 Å². The van der Waals surface area contributed by atoms with Crippen LogP contribution < -0.4 is 4.31 Å². The van der Waals surface area contributed by atoms with E-state index in [9.17, 15) is 18.3 Å². The lowest BCUT2D eigenvalue weighted by Gasteiger charge is -2.25. The summed E-state index contributed by atoms with van der Waals surface area (Å²) in [5, 5.41) is 10.9. The van der Waals surface area contributed by atoms with Crippen LogP contribution in [0.3, 0.4) is 0 Å². The highest BCUT2D eigenvalue weighted by Gasteiger charge is 2.42. The lowest BCUT2D eigenvalue weighted by Crippen LogP contribution is -2.42. The molecule has 0 spiro atoms. The van der Waals surface area contributed by atoms with Gasteiger partial charge in [0.25, 0.3) is 10.0 Å². The second-order valence-corrected chi connectivity index (χ2v) is 7.75. The summed E-state index contributed by atoms with van der Waals surface area (Å²) in [5.41, 5.74) is 1.15. The molecule has 0 amide bonds. The molecule has 0 radical (unpaired) electrons. The molecule has 0 saturated carbocycles. The van der Waals surface area contributed by atoms with Crippen LogP contribution in [0.2, 0.25) is 0 Å². The van der Waals surface area contributed by atoms with Gasteiger partial charge in [0.1, 0.15) is 6.04 Å². The van der Waals surface area contributed by atoms with E-state index in [-0.39, 0.29) is 11.3 Å². The average molecular weight is 353 g/mol. The Morgan fingerprint density at radius 1 is 0.960 bits per heavy atom. The quantitative estimate of drug-likeness (QED) is 0.785. The van der Waals surface area contributed by atoms with Crippen LogP contribution in [0.1, 0.15) is 5.56 Å². The second kappa shape index (κ2) is 5.60. The summed E-state index contributed by atoms with van der Waals surface area (Å²) in [4.78, 5) is 11.8. The Bertz CT molecular complexity index is 1090. The van der Waals surface area contributed by atoms with Crippen LogP contribution in [0.25, 0.3) is 10.8 Å². The first-order valence-corrected chi connectivity index (χ1v) is 9.27. The van der Waals surface area contributed by atoms with Gasteiger partial charge in [0.2, 0.25) is 0 Å². The maximum absolute atomic E-state index is 13.4. The van der Waals surface area contributed by atoms with Gasteiger partial charge >= 0.3 is 5.97 Å². The Morgan fingerprint density at radius 3 is 2.44 bits per heavy atom. The molecule has 3 aromatic rings. The van der Waals surface area contributed by atoms with Gasteiger partial charge in [-0.2, -0.15) is 0 Å². The minimum absolute atomic E-state index is 0.119. The number of carboxylic acids is 1. The first-order valence-electron chi connectivity index (χ1n) is 7.83. The number of benzene rings is 3. The third-order valence-corrected chi connectivity index (χ3v) is 6.38. The molecule has 5 nitrogen and oxygen atoms in total. The number of sulfonamides is 1. The minimum Gasteiger partial charge on any atom is -0.480 e. The number of hydrogen-bond donors (Lipinski definition) is 1. The Morgan fingerprint density at radius 2 is 1.64 bits per heavy atom. The molecule has 1 aliphatic rings. The zero-order chi connectivity index (χ0) is 17.6. The summed E-state index contributed by atoms with van der Waals surface area (Å²) >= 11 is 0. The van der Waals surface area contributed by atoms with Gasteiger partial charge < -0.3 is 5.11 Å². The first-order chi connectivity index (χ1) is 12.0. The molecule has 0 bridgehead atoms. The fourth-order valence-electron chi connectivity index (χ4n) is 3.37. The van der Waals surface area contributed by atoms with Crippen LogP contribution in [0.4, 0.5) is 5.69 Å². The van der Waals surface area contributed by atoms with Crippen LogP contribution in [0.5, 0.6) is 0 Å². The summed E-state index contributed by atoms with van der Waals surface area (Å²) in [7, 11) is -4.02. The van der Waals surface area contributed by atoms with Gasteiger partial charge in [-0.25, -0.2) is 13.2 Å². The number of fused-ring (bicyclic) bond motifs is 2. The third-order valence-electron chi connectivity index (χ3n) is 4.50. The van der Waals surface area contributed by atoms with Gasteiger partial charge in [-0.15, -0.1) is 0 Å². The Hall–Kier alpha value is -2.86. The number of carbonyl (C=O) groups is 1.